The second-order valence-electron chi connectivity index (χ2n) is 8.64. The highest BCUT2D eigenvalue weighted by Gasteiger charge is 2.55. The molecule has 0 amide bonds. The van der Waals surface area contributed by atoms with E-state index in [1.54, 1.807) is 0 Å². The van der Waals surface area contributed by atoms with Crippen molar-refractivity contribution < 1.29 is 9.53 Å². The highest BCUT2D eigenvalue weighted by atomic mass is 127. The topological polar surface area (TPSA) is 29.5 Å². The van der Waals surface area contributed by atoms with Crippen LogP contribution in [0.25, 0.3) is 0 Å². The molecule has 1 saturated carbocycles. The third-order valence-electron chi connectivity index (χ3n) is 5.90. The Bertz CT molecular complexity index is 690. The van der Waals surface area contributed by atoms with Crippen LogP contribution in [0.4, 0.5) is 0 Å². The number of rotatable bonds is 7. The van der Waals surface area contributed by atoms with Gasteiger partial charge in [-0.15, -0.1) is 0 Å². The van der Waals surface area contributed by atoms with Gasteiger partial charge in [-0.05, 0) is 27.8 Å². The van der Waals surface area contributed by atoms with E-state index in [2.05, 4.69) is 111 Å². The molecule has 4 heteroatoms. The van der Waals surface area contributed by atoms with Gasteiger partial charge in [0.15, 0.2) is 0 Å². The van der Waals surface area contributed by atoms with Crippen molar-refractivity contribution >= 4 is 41.3 Å². The molecule has 0 bridgehead atoms. The maximum Gasteiger partial charge on any atom is 0.261 e. The Kier molecular flexibility index (Phi) is 6.51. The van der Waals surface area contributed by atoms with Crippen LogP contribution in [0.15, 0.2) is 60.7 Å². The lowest BCUT2D eigenvalue weighted by atomic mass is 10.1. The molecule has 0 heterocycles. The van der Waals surface area contributed by atoms with Gasteiger partial charge in [-0.25, -0.2) is 0 Å². The first-order valence-corrected chi connectivity index (χ1v) is 13.1. The summed E-state index contributed by atoms with van der Waals surface area (Å²) in [6, 6.07) is 21.6. The van der Waals surface area contributed by atoms with Crippen molar-refractivity contribution in [2.45, 2.75) is 49.2 Å². The third kappa shape index (κ3) is 4.04. The summed E-state index contributed by atoms with van der Waals surface area (Å²) in [6.07, 6.45) is 0.611. The van der Waals surface area contributed by atoms with Crippen LogP contribution in [0.5, 0.6) is 0 Å². The molecule has 1 aliphatic carbocycles. The molecule has 146 valence electrons. The number of halogens is 1. The fourth-order valence-electron chi connectivity index (χ4n) is 4.31. The average Bonchev–Trinajstić information content (AvgIpc) is 3.31. The second-order valence-corrected chi connectivity index (χ2v) is 14.4. The molecule has 0 spiro atoms. The standard InChI is InChI=1S/C23H31IO2Si/c1-5-20(25)21-19(22(21)24)16-26-27(23(2,3)4,17-12-8-6-9-13-17)18-14-10-7-11-15-18/h6-15,19-22,25H,5,16H2,1-4H3/t19-,20-,21-,22-/m0/s1. The lowest BCUT2D eigenvalue weighted by Crippen LogP contribution is -2.66. The van der Waals surface area contributed by atoms with E-state index in [1.807, 2.05) is 0 Å². The van der Waals surface area contributed by atoms with Crippen molar-refractivity contribution in [1.82, 2.24) is 0 Å². The van der Waals surface area contributed by atoms with Gasteiger partial charge in [0.1, 0.15) is 0 Å². The maximum absolute atomic E-state index is 10.3. The minimum absolute atomic E-state index is 0.00420. The van der Waals surface area contributed by atoms with Crippen molar-refractivity contribution in [2.24, 2.45) is 11.8 Å². The van der Waals surface area contributed by atoms with E-state index >= 15 is 0 Å². The third-order valence-corrected chi connectivity index (χ3v) is 12.7. The molecule has 1 N–H and O–H groups in total. The summed E-state index contributed by atoms with van der Waals surface area (Å²) in [5.74, 6) is 0.816. The van der Waals surface area contributed by atoms with Gasteiger partial charge in [0, 0.05) is 16.4 Å². The molecule has 0 aliphatic heterocycles. The van der Waals surface area contributed by atoms with Crippen molar-refractivity contribution in [3.8, 4) is 0 Å². The minimum atomic E-state index is -2.46. The Morgan fingerprint density at radius 2 is 1.48 bits per heavy atom. The zero-order chi connectivity index (χ0) is 19.7. The smallest absolute Gasteiger partial charge is 0.261 e. The van der Waals surface area contributed by atoms with E-state index in [0.29, 0.717) is 15.8 Å². The Hall–Kier alpha value is -0.693. The van der Waals surface area contributed by atoms with Gasteiger partial charge in [0.2, 0.25) is 0 Å². The lowest BCUT2D eigenvalue weighted by molar-refractivity contribution is 0.134. The summed E-state index contributed by atoms with van der Waals surface area (Å²) >= 11 is 2.49. The number of alkyl halides is 1. The zero-order valence-corrected chi connectivity index (χ0v) is 19.9. The van der Waals surface area contributed by atoms with E-state index < -0.39 is 8.32 Å². The van der Waals surface area contributed by atoms with Gasteiger partial charge >= 0.3 is 0 Å². The molecule has 27 heavy (non-hydrogen) atoms. The number of aliphatic hydroxyl groups excluding tert-OH is 1. The van der Waals surface area contributed by atoms with Crippen LogP contribution in [0.1, 0.15) is 34.1 Å². The van der Waals surface area contributed by atoms with Crippen LogP contribution in [0, 0.1) is 11.8 Å². The first-order valence-electron chi connectivity index (χ1n) is 9.90. The molecule has 2 aromatic carbocycles. The molecule has 2 aromatic rings. The van der Waals surface area contributed by atoms with Crippen LogP contribution in [-0.2, 0) is 4.43 Å². The molecule has 3 rings (SSSR count). The fourth-order valence-corrected chi connectivity index (χ4v) is 10.4. The number of aliphatic hydroxyl groups is 1. The second kappa shape index (κ2) is 8.35. The van der Waals surface area contributed by atoms with Gasteiger partial charge in [0.25, 0.3) is 8.32 Å². The zero-order valence-electron chi connectivity index (χ0n) is 16.7. The minimum Gasteiger partial charge on any atom is -0.407 e. The van der Waals surface area contributed by atoms with Crippen LogP contribution in [-0.4, -0.2) is 30.1 Å². The molecular weight excluding hydrogens is 463 g/mol. The highest BCUT2D eigenvalue weighted by molar-refractivity contribution is 14.1. The van der Waals surface area contributed by atoms with Gasteiger partial charge in [-0.2, -0.15) is 0 Å². The highest BCUT2D eigenvalue weighted by Crippen LogP contribution is 2.50. The van der Waals surface area contributed by atoms with Crippen molar-refractivity contribution in [3.05, 3.63) is 60.7 Å². The Balaban J connectivity index is 1.98. The number of hydrogen-bond acceptors (Lipinski definition) is 2. The normalized spacial score (nSPS) is 23.9. The van der Waals surface area contributed by atoms with Crippen LogP contribution in [0.3, 0.4) is 0 Å². The van der Waals surface area contributed by atoms with E-state index in [1.165, 1.54) is 10.4 Å². The summed E-state index contributed by atoms with van der Waals surface area (Å²) < 4.78 is 7.52. The molecule has 0 saturated heterocycles. The van der Waals surface area contributed by atoms with Gasteiger partial charge < -0.3 is 9.53 Å². The molecule has 1 aliphatic rings. The largest absolute Gasteiger partial charge is 0.407 e. The van der Waals surface area contributed by atoms with E-state index in [0.717, 1.165) is 13.0 Å². The molecule has 1 fully saturated rings. The van der Waals surface area contributed by atoms with E-state index in [-0.39, 0.29) is 11.1 Å². The summed E-state index contributed by atoms with van der Waals surface area (Å²) in [4.78, 5) is 0. The van der Waals surface area contributed by atoms with Crippen LogP contribution < -0.4 is 10.4 Å². The van der Waals surface area contributed by atoms with Crippen molar-refractivity contribution in [2.75, 3.05) is 6.61 Å². The molecule has 2 nitrogen and oxygen atoms in total. The Morgan fingerprint density at radius 3 is 1.89 bits per heavy atom. The van der Waals surface area contributed by atoms with E-state index in [4.69, 9.17) is 4.43 Å². The summed E-state index contributed by atoms with van der Waals surface area (Å²) in [6.45, 7) is 9.72. The van der Waals surface area contributed by atoms with Crippen LogP contribution in [0.2, 0.25) is 5.04 Å². The first kappa shape index (κ1) is 21.0. The molecular formula is C23H31IO2Si. The summed E-state index contributed by atoms with van der Waals surface area (Å²) in [7, 11) is -2.46. The lowest BCUT2D eigenvalue weighted by Gasteiger charge is -2.43. The fraction of sp³-hybridized carbons (Fsp3) is 0.478. The summed E-state index contributed by atoms with van der Waals surface area (Å²) in [5.41, 5.74) is 0. The molecule has 4 atom stereocenters. The maximum atomic E-state index is 10.3. The molecule has 0 aromatic heterocycles. The van der Waals surface area contributed by atoms with Gasteiger partial charge in [0.05, 0.1) is 6.10 Å². The molecule has 0 radical (unpaired) electrons. The first-order chi connectivity index (χ1) is 12.8. The van der Waals surface area contributed by atoms with Crippen molar-refractivity contribution in [3.63, 3.8) is 0 Å². The monoisotopic (exact) mass is 494 g/mol. The number of hydrogen-bond donors (Lipinski definition) is 1. The quantitative estimate of drug-likeness (QED) is 0.352. The summed E-state index contributed by atoms with van der Waals surface area (Å²) in [5, 5.41) is 13.0. The Morgan fingerprint density at radius 1 is 1.00 bits per heavy atom. The Labute approximate surface area is 178 Å². The van der Waals surface area contributed by atoms with Gasteiger partial charge in [-0.3, -0.25) is 0 Å². The van der Waals surface area contributed by atoms with E-state index in [9.17, 15) is 5.11 Å². The average molecular weight is 494 g/mol. The molecule has 0 unspecified atom stereocenters. The van der Waals surface area contributed by atoms with Gasteiger partial charge in [-0.1, -0.05) is 111 Å². The number of benzene rings is 2. The van der Waals surface area contributed by atoms with Crippen molar-refractivity contribution in [1.29, 1.82) is 0 Å². The SMILES string of the molecule is CC[C@H](O)[C@H]1[C@@H](I)[C@H]1CO[Si](c1ccccc1)(c1ccccc1)C(C)(C)C. The predicted molar refractivity (Wildman–Crippen MR) is 125 cm³/mol. The van der Waals surface area contributed by atoms with Crippen LogP contribution >= 0.6 is 22.6 Å². The predicted octanol–water partition coefficient (Wildman–Crippen LogP) is 4.38.